The molecule has 0 spiro atoms. The predicted octanol–water partition coefficient (Wildman–Crippen LogP) is 10.2. The molecule has 19 heteroatoms. The van der Waals surface area contributed by atoms with Crippen LogP contribution in [0.1, 0.15) is 83.7 Å². The van der Waals surface area contributed by atoms with Crippen LogP contribution in [0.15, 0.2) is 127 Å². The predicted molar refractivity (Wildman–Crippen MR) is 270 cm³/mol. The summed E-state index contributed by atoms with van der Waals surface area (Å²) in [5, 5.41) is 38.9. The Morgan fingerprint density at radius 2 is 0.643 bits per heavy atom. The van der Waals surface area contributed by atoms with Crippen LogP contribution in [0.5, 0.6) is 0 Å². The van der Waals surface area contributed by atoms with Crippen LogP contribution < -0.4 is 16.0 Å². The Morgan fingerprint density at radius 1 is 0.400 bits per heavy atom. The third-order valence-electron chi connectivity index (χ3n) is 9.97. The zero-order chi connectivity index (χ0) is 49.2. The number of carboxylic acid groups (broad SMARTS) is 3. The number of amides is 3. The SMILES string of the molecule is CCNC(=O)c1cc(-c2cc3ccccc3s2)cc(C(=O)O)n1.CCNC(=O)c1cc(-c2cc3ccccc3s2)cc(C(=O)O)n1.CCNC(=O)c1cc(-c2cc3ccccc3s2)cc(C(=O)O)n1.[Tb]. The molecule has 6 aromatic heterocycles. The van der Waals surface area contributed by atoms with Gasteiger partial charge >= 0.3 is 17.9 Å². The molecular weight excluding hydrogens is 1100 g/mol. The number of fused-ring (bicyclic) bond motifs is 3. The van der Waals surface area contributed by atoms with Gasteiger partial charge in [-0.2, -0.15) is 0 Å². The van der Waals surface area contributed by atoms with E-state index in [1.807, 2.05) is 91.0 Å². The molecule has 70 heavy (non-hydrogen) atoms. The second kappa shape index (κ2) is 24.1. The number of carbonyl (C=O) groups is 6. The molecule has 0 atom stereocenters. The topological polar surface area (TPSA) is 238 Å². The van der Waals surface area contributed by atoms with Gasteiger partial charge in [-0.1, -0.05) is 54.6 Å². The van der Waals surface area contributed by atoms with Crippen LogP contribution in [-0.2, 0) is 0 Å². The summed E-state index contributed by atoms with van der Waals surface area (Å²) >= 11 is 4.66. The van der Waals surface area contributed by atoms with Crippen molar-refractivity contribution in [2.24, 2.45) is 0 Å². The standard InChI is InChI=1S/3C17H14N2O3S.Tb/c3*1-2-18-16(20)12-7-11(8-13(19-12)17(21)22)15-9-10-5-3-4-6-14(10)23-15;/h3*3-9H,2H2,1H3,(H,18,20)(H,21,22);. The van der Waals surface area contributed by atoms with Crippen molar-refractivity contribution < 1.29 is 82.7 Å². The molecule has 3 aromatic carbocycles. The van der Waals surface area contributed by atoms with E-state index < -0.39 is 17.9 Å². The minimum Gasteiger partial charge on any atom is -0.477 e. The molecule has 15 nitrogen and oxygen atoms in total. The van der Waals surface area contributed by atoms with Gasteiger partial charge < -0.3 is 31.3 Å². The smallest absolute Gasteiger partial charge is 0.354 e. The van der Waals surface area contributed by atoms with Gasteiger partial charge in [-0.3, -0.25) is 14.4 Å². The fourth-order valence-electron chi connectivity index (χ4n) is 6.82. The summed E-state index contributed by atoms with van der Waals surface area (Å²) in [6.07, 6.45) is 0. The van der Waals surface area contributed by atoms with E-state index in [4.69, 9.17) is 0 Å². The molecule has 6 N–H and O–H groups in total. The maximum atomic E-state index is 12.0. The normalized spacial score (nSPS) is 10.5. The molecule has 0 aliphatic rings. The van der Waals surface area contributed by atoms with E-state index in [1.165, 1.54) is 18.2 Å². The van der Waals surface area contributed by atoms with Crippen LogP contribution in [-0.4, -0.2) is 85.5 Å². The van der Waals surface area contributed by atoms with Gasteiger partial charge in [0.1, 0.15) is 34.2 Å². The molecule has 0 aliphatic carbocycles. The number of hydrogen-bond donors (Lipinski definition) is 6. The third-order valence-corrected chi connectivity index (χ3v) is 13.5. The molecule has 0 saturated heterocycles. The first-order valence-corrected chi connectivity index (χ1v) is 23.8. The van der Waals surface area contributed by atoms with Crippen LogP contribution in [0.4, 0.5) is 0 Å². The molecule has 0 fully saturated rings. The van der Waals surface area contributed by atoms with Gasteiger partial charge in [0.05, 0.1) is 0 Å². The largest absolute Gasteiger partial charge is 0.477 e. The number of thiophene rings is 3. The van der Waals surface area contributed by atoms with E-state index in [9.17, 15) is 44.1 Å². The number of aromatic nitrogens is 3. The maximum absolute atomic E-state index is 12.0. The van der Waals surface area contributed by atoms with Crippen LogP contribution in [0, 0.1) is 38.6 Å². The fourth-order valence-corrected chi connectivity index (χ4v) is 9.97. The molecule has 6 heterocycles. The Hall–Kier alpha value is -6.90. The summed E-state index contributed by atoms with van der Waals surface area (Å²) in [5.41, 5.74) is 1.96. The van der Waals surface area contributed by atoms with Crippen molar-refractivity contribution in [1.82, 2.24) is 30.9 Å². The van der Waals surface area contributed by atoms with Crippen molar-refractivity contribution in [1.29, 1.82) is 0 Å². The second-order valence-corrected chi connectivity index (χ2v) is 18.1. The first-order valence-electron chi connectivity index (χ1n) is 21.3. The maximum Gasteiger partial charge on any atom is 0.354 e. The molecule has 9 rings (SSSR count). The Labute approximate surface area is 443 Å². The Balaban J connectivity index is 0.000000171. The molecule has 3 amide bonds. The van der Waals surface area contributed by atoms with Gasteiger partial charge in [0.2, 0.25) is 0 Å². The van der Waals surface area contributed by atoms with E-state index in [2.05, 4.69) is 30.9 Å². The van der Waals surface area contributed by atoms with Gasteiger partial charge in [0.25, 0.3) is 17.7 Å². The number of carboxylic acids is 3. The zero-order valence-corrected chi connectivity index (χ0v) is 42.0. The number of benzene rings is 3. The molecule has 9 aromatic rings. The van der Waals surface area contributed by atoms with E-state index in [0.717, 1.165) is 44.9 Å². The molecule has 0 saturated carbocycles. The quantitative estimate of drug-likeness (QED) is 0.0670. The average Bonchev–Trinajstić information content (AvgIpc) is 4.12. The number of pyridine rings is 3. The van der Waals surface area contributed by atoms with Crippen molar-refractivity contribution in [3.05, 3.63) is 162 Å². The van der Waals surface area contributed by atoms with Gasteiger partial charge in [-0.25, -0.2) is 29.3 Å². The van der Waals surface area contributed by atoms with Gasteiger partial charge in [0.15, 0.2) is 0 Å². The van der Waals surface area contributed by atoms with Crippen molar-refractivity contribution in [3.8, 4) is 31.3 Å². The minimum atomic E-state index is -1.15. The fraction of sp³-hybridized carbons (Fsp3) is 0.118. The monoisotopic (exact) mass is 1140 g/mol. The molecule has 1 radical (unpaired) electrons. The summed E-state index contributed by atoms with van der Waals surface area (Å²) in [7, 11) is 0. The van der Waals surface area contributed by atoms with Gasteiger partial charge in [-0.15, -0.1) is 34.0 Å². The number of nitrogens with zero attached hydrogens (tertiary/aromatic N) is 3. The number of aromatic carboxylic acids is 3. The number of rotatable bonds is 12. The first-order chi connectivity index (χ1) is 33.2. The van der Waals surface area contributed by atoms with Crippen LogP contribution in [0.2, 0.25) is 0 Å². The van der Waals surface area contributed by atoms with E-state index in [-0.39, 0.29) is 90.5 Å². The average molecular weight is 1140 g/mol. The Bertz CT molecular complexity index is 2970. The van der Waals surface area contributed by atoms with Crippen molar-refractivity contribution in [2.45, 2.75) is 20.8 Å². The summed E-state index contributed by atoms with van der Waals surface area (Å²) in [6, 6.07) is 39.1. The first kappa shape index (κ1) is 52.5. The van der Waals surface area contributed by atoms with E-state index >= 15 is 0 Å². The molecule has 0 bridgehead atoms. The van der Waals surface area contributed by atoms with Crippen LogP contribution in [0.3, 0.4) is 0 Å². The van der Waals surface area contributed by atoms with Crippen molar-refractivity contribution >= 4 is 99.9 Å². The number of nitrogens with one attached hydrogen (secondary N) is 3. The Morgan fingerprint density at radius 3 is 0.871 bits per heavy atom. The molecular formula is C51H42N6O9S3Tb. The molecule has 0 unspecified atom stereocenters. The van der Waals surface area contributed by atoms with Gasteiger partial charge in [-0.05, 0) is 126 Å². The summed E-state index contributed by atoms with van der Waals surface area (Å²) in [4.78, 5) is 84.4. The third kappa shape index (κ3) is 12.8. The molecule has 357 valence electrons. The van der Waals surface area contributed by atoms with Gasteiger partial charge in [0, 0.05) is 87.0 Å². The van der Waals surface area contributed by atoms with Crippen molar-refractivity contribution in [2.75, 3.05) is 19.6 Å². The van der Waals surface area contributed by atoms with Crippen molar-refractivity contribution in [3.63, 3.8) is 0 Å². The number of carbonyl (C=O) groups excluding carboxylic acids is 3. The van der Waals surface area contributed by atoms with E-state index in [1.54, 1.807) is 73.0 Å². The molecule has 0 aliphatic heterocycles. The summed E-state index contributed by atoms with van der Waals surface area (Å²) in [6.45, 7) is 6.76. The Kier molecular flexibility index (Phi) is 18.1. The summed E-state index contributed by atoms with van der Waals surface area (Å²) in [5.74, 6) is -4.59. The minimum absolute atomic E-state index is 0. The van der Waals surface area contributed by atoms with Crippen LogP contribution >= 0.6 is 34.0 Å². The number of hydrogen-bond acceptors (Lipinski definition) is 12. The van der Waals surface area contributed by atoms with E-state index in [0.29, 0.717) is 36.3 Å². The van der Waals surface area contributed by atoms with Crippen LogP contribution in [0.25, 0.3) is 61.6 Å². The second-order valence-electron chi connectivity index (χ2n) is 14.8. The summed E-state index contributed by atoms with van der Waals surface area (Å²) < 4.78 is 3.32. The zero-order valence-electron chi connectivity index (χ0n) is 37.4.